The molecule has 10 heteroatoms. The number of amides is 2. The van der Waals surface area contributed by atoms with Gasteiger partial charge in [0.1, 0.15) is 0 Å². The highest BCUT2D eigenvalue weighted by molar-refractivity contribution is 8.00. The number of halogens is 3. The first-order valence-electron chi connectivity index (χ1n) is 12.0. The van der Waals surface area contributed by atoms with Crippen LogP contribution in [0.15, 0.2) is 53.4 Å². The van der Waals surface area contributed by atoms with Crippen LogP contribution >= 0.6 is 11.8 Å². The molecular formula is C26H25F3N2O4S. The summed E-state index contributed by atoms with van der Waals surface area (Å²) in [7, 11) is 0. The highest BCUT2D eigenvalue weighted by atomic mass is 32.2. The Bertz CT molecular complexity index is 1180. The highest BCUT2D eigenvalue weighted by Gasteiger charge is 2.53. The van der Waals surface area contributed by atoms with Gasteiger partial charge >= 0.3 is 11.5 Å². The maximum absolute atomic E-state index is 13.6. The number of carbonyl (C=O) groups is 3. The number of nitrogens with zero attached hydrogens (tertiary/aromatic N) is 2. The Labute approximate surface area is 210 Å². The molecule has 0 spiro atoms. The third-order valence-electron chi connectivity index (χ3n) is 7.18. The van der Waals surface area contributed by atoms with Crippen molar-refractivity contribution in [3.63, 3.8) is 0 Å². The lowest BCUT2D eigenvalue weighted by Gasteiger charge is -2.55. The highest BCUT2D eigenvalue weighted by Crippen LogP contribution is 2.54. The second-order valence-electron chi connectivity index (χ2n) is 9.49. The predicted octanol–water partition coefficient (Wildman–Crippen LogP) is 5.63. The van der Waals surface area contributed by atoms with Crippen molar-refractivity contribution < 1.29 is 32.7 Å². The smallest absolute Gasteiger partial charge is 0.446 e. The van der Waals surface area contributed by atoms with Crippen LogP contribution in [0.3, 0.4) is 0 Å². The van der Waals surface area contributed by atoms with Crippen molar-refractivity contribution in [3.8, 4) is 0 Å². The molecule has 1 N–H and O–H groups in total. The van der Waals surface area contributed by atoms with Gasteiger partial charge in [-0.25, -0.2) is 0 Å². The minimum Gasteiger partial charge on any atom is -0.481 e. The lowest BCUT2D eigenvalue weighted by molar-refractivity contribution is -0.143. The van der Waals surface area contributed by atoms with Gasteiger partial charge in [0, 0.05) is 40.6 Å². The Morgan fingerprint density at radius 2 is 1.67 bits per heavy atom. The maximum Gasteiger partial charge on any atom is 0.446 e. The molecule has 190 valence electrons. The van der Waals surface area contributed by atoms with Gasteiger partial charge in [-0.3, -0.25) is 14.4 Å². The molecule has 5 rings (SSSR count). The van der Waals surface area contributed by atoms with E-state index in [1.54, 1.807) is 4.90 Å². The number of carboxylic acids is 1. The van der Waals surface area contributed by atoms with Gasteiger partial charge < -0.3 is 14.9 Å². The molecule has 3 aliphatic rings. The van der Waals surface area contributed by atoms with E-state index in [0.29, 0.717) is 11.3 Å². The Morgan fingerprint density at radius 3 is 2.25 bits per heavy atom. The predicted molar refractivity (Wildman–Crippen MR) is 128 cm³/mol. The molecule has 0 aromatic heterocycles. The fraction of sp³-hybridized carbons (Fsp3) is 0.423. The van der Waals surface area contributed by atoms with E-state index in [-0.39, 0.29) is 65.4 Å². The number of rotatable bonds is 7. The zero-order valence-corrected chi connectivity index (χ0v) is 20.1. The van der Waals surface area contributed by atoms with E-state index in [9.17, 15) is 27.6 Å². The lowest BCUT2D eigenvalue weighted by atomic mass is 9.67. The van der Waals surface area contributed by atoms with Crippen molar-refractivity contribution in [3.05, 3.63) is 59.7 Å². The van der Waals surface area contributed by atoms with Crippen molar-refractivity contribution in [1.82, 2.24) is 4.90 Å². The molecule has 1 heterocycles. The molecule has 2 saturated carbocycles. The standard InChI is InChI=1S/C26H25F3N2O4S/c27-26(28,29)36-17-9-5-15(6-10-17)25(35)31-20-4-2-1-3-18(20)24(19-11-12-21(19)31)30(16-7-8-16)22(32)13-14-23(33)34/h1-6,9-10,16,19,21,24H,7-8,11-14H2,(H,33,34)/t19-,21+,24?/m0/s1. The Hall–Kier alpha value is -3.01. The number of anilines is 1. The van der Waals surface area contributed by atoms with Gasteiger partial charge in [0.25, 0.3) is 5.91 Å². The van der Waals surface area contributed by atoms with Crippen LogP contribution in [0.25, 0.3) is 0 Å². The number of carboxylic acid groups (broad SMARTS) is 1. The maximum atomic E-state index is 13.6. The monoisotopic (exact) mass is 518 g/mol. The SMILES string of the molecule is O=C(O)CCC(=O)N(C1CC1)C1c2ccccc2N(C(=O)c2ccc(SC(F)(F)F)cc2)[C@@H]2CC[C@H]12. The summed E-state index contributed by atoms with van der Waals surface area (Å²) in [4.78, 5) is 41.5. The van der Waals surface area contributed by atoms with Crippen LogP contribution in [-0.4, -0.2) is 45.4 Å². The second-order valence-corrected chi connectivity index (χ2v) is 10.6. The van der Waals surface area contributed by atoms with E-state index in [2.05, 4.69) is 0 Å². The Balaban J connectivity index is 1.46. The van der Waals surface area contributed by atoms with Crippen molar-refractivity contribution >= 4 is 35.2 Å². The molecule has 3 atom stereocenters. The number of hydrogen-bond acceptors (Lipinski definition) is 4. The Kier molecular flexibility index (Phi) is 6.48. The van der Waals surface area contributed by atoms with E-state index in [0.717, 1.165) is 31.2 Å². The summed E-state index contributed by atoms with van der Waals surface area (Å²) in [5.41, 5.74) is -2.55. The van der Waals surface area contributed by atoms with Crippen LogP contribution < -0.4 is 4.90 Å². The first-order chi connectivity index (χ1) is 17.1. The molecular weight excluding hydrogens is 493 g/mol. The number of thioether (sulfide) groups is 1. The van der Waals surface area contributed by atoms with Crippen molar-refractivity contribution in [1.29, 1.82) is 0 Å². The van der Waals surface area contributed by atoms with Gasteiger partial charge in [0.2, 0.25) is 5.91 Å². The number of para-hydroxylation sites is 1. The molecule has 0 bridgehead atoms. The molecule has 0 saturated heterocycles. The molecule has 2 aromatic rings. The quantitative estimate of drug-likeness (QED) is 0.481. The number of fused-ring (bicyclic) bond motifs is 2. The minimum atomic E-state index is -4.40. The third-order valence-corrected chi connectivity index (χ3v) is 7.92. The van der Waals surface area contributed by atoms with Gasteiger partial charge in [-0.1, -0.05) is 18.2 Å². The molecule has 0 radical (unpaired) electrons. The molecule has 1 unspecified atom stereocenters. The fourth-order valence-electron chi connectivity index (χ4n) is 5.40. The topological polar surface area (TPSA) is 77.9 Å². The van der Waals surface area contributed by atoms with E-state index < -0.39 is 11.5 Å². The van der Waals surface area contributed by atoms with E-state index in [1.807, 2.05) is 29.2 Å². The number of aliphatic carboxylic acids is 1. The van der Waals surface area contributed by atoms with Gasteiger partial charge in [0.15, 0.2) is 0 Å². The van der Waals surface area contributed by atoms with Crippen LogP contribution in [0, 0.1) is 5.92 Å². The first-order valence-corrected chi connectivity index (χ1v) is 12.8. The number of alkyl halides is 3. The zero-order valence-electron chi connectivity index (χ0n) is 19.3. The fourth-order valence-corrected chi connectivity index (χ4v) is 5.94. The second kappa shape index (κ2) is 9.46. The lowest BCUT2D eigenvalue weighted by Crippen LogP contribution is -2.59. The number of hydrogen-bond donors (Lipinski definition) is 1. The van der Waals surface area contributed by atoms with Gasteiger partial charge in [0.05, 0.1) is 12.5 Å². The van der Waals surface area contributed by atoms with Crippen LogP contribution in [0.1, 0.15) is 60.5 Å². The van der Waals surface area contributed by atoms with Crippen molar-refractivity contribution in [2.24, 2.45) is 5.92 Å². The summed E-state index contributed by atoms with van der Waals surface area (Å²) in [6.45, 7) is 0. The number of carbonyl (C=O) groups excluding carboxylic acids is 2. The summed E-state index contributed by atoms with van der Waals surface area (Å²) >= 11 is -0.221. The molecule has 6 nitrogen and oxygen atoms in total. The van der Waals surface area contributed by atoms with Crippen LogP contribution in [0.2, 0.25) is 0 Å². The zero-order chi connectivity index (χ0) is 25.6. The largest absolute Gasteiger partial charge is 0.481 e. The van der Waals surface area contributed by atoms with Crippen LogP contribution in [-0.2, 0) is 9.59 Å². The third kappa shape index (κ3) is 4.83. The van der Waals surface area contributed by atoms with Crippen molar-refractivity contribution in [2.45, 2.75) is 67.1 Å². The van der Waals surface area contributed by atoms with E-state index >= 15 is 0 Å². The first kappa shape index (κ1) is 24.7. The van der Waals surface area contributed by atoms with Crippen LogP contribution in [0.5, 0.6) is 0 Å². The molecule has 2 amide bonds. The average molecular weight is 519 g/mol. The Morgan fingerprint density at radius 1 is 0.972 bits per heavy atom. The molecule has 2 aromatic carbocycles. The summed E-state index contributed by atoms with van der Waals surface area (Å²) < 4.78 is 38.1. The van der Waals surface area contributed by atoms with Gasteiger partial charge in [-0.2, -0.15) is 13.2 Å². The van der Waals surface area contributed by atoms with Crippen LogP contribution in [0.4, 0.5) is 18.9 Å². The molecule has 36 heavy (non-hydrogen) atoms. The normalized spacial score (nSPS) is 22.8. The van der Waals surface area contributed by atoms with Gasteiger partial charge in [-0.15, -0.1) is 0 Å². The molecule has 1 aliphatic heterocycles. The van der Waals surface area contributed by atoms with E-state index in [1.165, 1.54) is 24.3 Å². The summed E-state index contributed by atoms with van der Waals surface area (Å²) in [6, 6.07) is 12.6. The number of benzene rings is 2. The van der Waals surface area contributed by atoms with Crippen molar-refractivity contribution in [2.75, 3.05) is 4.90 Å². The average Bonchev–Trinajstić information content (AvgIpc) is 3.63. The van der Waals surface area contributed by atoms with E-state index in [4.69, 9.17) is 5.11 Å². The minimum absolute atomic E-state index is 0.0123. The van der Waals surface area contributed by atoms with Gasteiger partial charge in [-0.05, 0) is 73.3 Å². The molecule has 2 aliphatic carbocycles. The summed E-state index contributed by atoms with van der Waals surface area (Å²) in [5, 5.41) is 9.08. The molecule has 2 fully saturated rings. The summed E-state index contributed by atoms with van der Waals surface area (Å²) in [5.74, 6) is -1.46. The summed E-state index contributed by atoms with van der Waals surface area (Å²) in [6.07, 6.45) is 3.04.